The van der Waals surface area contributed by atoms with Gasteiger partial charge in [0.2, 0.25) is 5.67 Å². The van der Waals surface area contributed by atoms with Crippen LogP contribution in [0.2, 0.25) is 0 Å². The number of alkyl halides is 6. The summed E-state index contributed by atoms with van der Waals surface area (Å²) in [5, 5.41) is 18.6. The van der Waals surface area contributed by atoms with Crippen molar-refractivity contribution in [3.8, 4) is 11.5 Å². The van der Waals surface area contributed by atoms with Crippen LogP contribution in [0, 0.1) is 0 Å². The van der Waals surface area contributed by atoms with Gasteiger partial charge in [-0.15, -0.1) is 0 Å². The Bertz CT molecular complexity index is 666. The second kappa shape index (κ2) is 5.36. The van der Waals surface area contributed by atoms with Crippen molar-refractivity contribution in [3.05, 3.63) is 59.7 Å². The highest BCUT2D eigenvalue weighted by Crippen LogP contribution is 2.54. The van der Waals surface area contributed by atoms with Crippen LogP contribution in [0.1, 0.15) is 11.1 Å². The van der Waals surface area contributed by atoms with Crippen molar-refractivity contribution >= 4 is 0 Å². The second-order valence-corrected chi connectivity index (χ2v) is 4.83. The topological polar surface area (TPSA) is 40.5 Å². The Kier molecular flexibility index (Phi) is 3.96. The number of phenols is 2. The molecular formula is C15H10F6O2. The number of benzene rings is 2. The van der Waals surface area contributed by atoms with Gasteiger partial charge in [-0.25, -0.2) is 4.39 Å². The maximum absolute atomic E-state index is 15.2. The molecule has 0 unspecified atom stereocenters. The van der Waals surface area contributed by atoms with E-state index in [2.05, 4.69) is 0 Å². The Hall–Kier alpha value is -2.38. The van der Waals surface area contributed by atoms with Crippen LogP contribution in [0.4, 0.5) is 26.3 Å². The highest BCUT2D eigenvalue weighted by Gasteiger charge is 2.72. The summed E-state index contributed by atoms with van der Waals surface area (Å²) in [6, 6.07) is 6.22. The Morgan fingerprint density at radius 2 is 1.04 bits per heavy atom. The molecule has 2 N–H and O–H groups in total. The summed E-state index contributed by atoms with van der Waals surface area (Å²) in [4.78, 5) is 0. The summed E-state index contributed by atoms with van der Waals surface area (Å²) < 4.78 is 81.5. The maximum Gasteiger partial charge on any atom is 0.457 e. The number of halogens is 6. The normalized spacial score (nSPS) is 13.1. The summed E-state index contributed by atoms with van der Waals surface area (Å²) in [6.07, 6.45) is -6.20. The van der Waals surface area contributed by atoms with Crippen molar-refractivity contribution in [1.82, 2.24) is 0 Å². The summed E-state index contributed by atoms with van der Waals surface area (Å²) in [6.45, 7) is 0. The number of rotatable bonds is 3. The summed E-state index contributed by atoms with van der Waals surface area (Å²) in [5.41, 5.74) is -6.52. The predicted molar refractivity (Wildman–Crippen MR) is 69.1 cm³/mol. The van der Waals surface area contributed by atoms with Crippen LogP contribution in [0.5, 0.6) is 11.5 Å². The standard InChI is InChI=1S/C15H10F6O2/c16-13(14(17,18)15(19,20)21,9-3-1-5-11(22)7-9)10-4-2-6-12(23)8-10/h1-8,22-23H. The largest absolute Gasteiger partial charge is 0.508 e. The zero-order valence-electron chi connectivity index (χ0n) is 11.3. The number of phenolic OH excluding ortho intramolecular Hbond substituents is 2. The second-order valence-electron chi connectivity index (χ2n) is 4.83. The van der Waals surface area contributed by atoms with Gasteiger partial charge < -0.3 is 10.2 Å². The van der Waals surface area contributed by atoms with Crippen LogP contribution < -0.4 is 0 Å². The molecule has 0 saturated heterocycles. The lowest BCUT2D eigenvalue weighted by Gasteiger charge is -2.35. The van der Waals surface area contributed by atoms with Crippen molar-refractivity contribution in [3.63, 3.8) is 0 Å². The molecule has 0 saturated carbocycles. The minimum Gasteiger partial charge on any atom is -0.508 e. The molecule has 2 nitrogen and oxygen atoms in total. The Labute approximate surface area is 126 Å². The van der Waals surface area contributed by atoms with E-state index >= 15 is 4.39 Å². The average Bonchev–Trinajstić information content (AvgIpc) is 2.45. The van der Waals surface area contributed by atoms with E-state index in [1.54, 1.807) is 0 Å². The van der Waals surface area contributed by atoms with Crippen molar-refractivity contribution in [2.24, 2.45) is 0 Å². The lowest BCUT2D eigenvalue weighted by atomic mass is 9.82. The average molecular weight is 336 g/mol. The fourth-order valence-electron chi connectivity index (χ4n) is 2.16. The van der Waals surface area contributed by atoms with Crippen molar-refractivity contribution in [2.75, 3.05) is 0 Å². The van der Waals surface area contributed by atoms with E-state index in [9.17, 15) is 32.2 Å². The van der Waals surface area contributed by atoms with E-state index in [1.807, 2.05) is 0 Å². The van der Waals surface area contributed by atoms with Crippen LogP contribution in [0.15, 0.2) is 48.5 Å². The first-order chi connectivity index (χ1) is 10.5. The van der Waals surface area contributed by atoms with E-state index in [0.717, 1.165) is 24.3 Å². The fraction of sp³-hybridized carbons (Fsp3) is 0.200. The minimum atomic E-state index is -6.20. The first-order valence-corrected chi connectivity index (χ1v) is 6.22. The fourth-order valence-corrected chi connectivity index (χ4v) is 2.16. The Morgan fingerprint density at radius 1 is 0.652 bits per heavy atom. The van der Waals surface area contributed by atoms with Gasteiger partial charge in [-0.2, -0.15) is 22.0 Å². The molecule has 0 atom stereocenters. The summed E-state index contributed by atoms with van der Waals surface area (Å²) in [5.74, 6) is -7.16. The van der Waals surface area contributed by atoms with E-state index in [0.29, 0.717) is 24.3 Å². The molecule has 0 aliphatic carbocycles. The Morgan fingerprint density at radius 3 is 1.35 bits per heavy atom. The molecule has 0 radical (unpaired) electrons. The molecule has 2 aromatic rings. The quantitative estimate of drug-likeness (QED) is 0.810. The smallest absolute Gasteiger partial charge is 0.457 e. The molecule has 23 heavy (non-hydrogen) atoms. The highest BCUT2D eigenvalue weighted by molar-refractivity contribution is 5.44. The molecule has 0 aromatic heterocycles. The SMILES string of the molecule is Oc1cccc(C(F)(c2cccc(O)c2)C(F)(F)C(F)(F)F)c1. The van der Waals surface area contributed by atoms with Gasteiger partial charge in [0, 0.05) is 11.1 Å². The van der Waals surface area contributed by atoms with Crippen molar-refractivity contribution in [1.29, 1.82) is 0 Å². The zero-order chi connectivity index (χ0) is 17.5. The third-order valence-corrected chi connectivity index (χ3v) is 3.28. The van der Waals surface area contributed by atoms with Crippen molar-refractivity contribution < 1.29 is 36.6 Å². The van der Waals surface area contributed by atoms with Gasteiger partial charge in [-0.1, -0.05) is 24.3 Å². The molecule has 124 valence electrons. The monoisotopic (exact) mass is 336 g/mol. The molecule has 0 aliphatic heterocycles. The molecule has 0 bridgehead atoms. The van der Waals surface area contributed by atoms with E-state index in [-0.39, 0.29) is 0 Å². The molecule has 0 amide bonds. The van der Waals surface area contributed by atoms with Gasteiger partial charge in [-0.3, -0.25) is 0 Å². The molecule has 0 fully saturated rings. The molecule has 0 heterocycles. The highest BCUT2D eigenvalue weighted by atomic mass is 19.4. The summed E-state index contributed by atoms with van der Waals surface area (Å²) >= 11 is 0. The molecule has 0 aliphatic rings. The first-order valence-electron chi connectivity index (χ1n) is 6.22. The molecular weight excluding hydrogens is 326 g/mol. The molecule has 2 aromatic carbocycles. The predicted octanol–water partition coefficient (Wildman–Crippen LogP) is 4.51. The lowest BCUT2D eigenvalue weighted by Crippen LogP contribution is -2.53. The number of aromatic hydroxyl groups is 2. The number of hydrogen-bond donors (Lipinski definition) is 2. The van der Waals surface area contributed by atoms with Gasteiger partial charge in [-0.05, 0) is 24.3 Å². The van der Waals surface area contributed by atoms with E-state index in [4.69, 9.17) is 0 Å². The van der Waals surface area contributed by atoms with Gasteiger partial charge in [0.15, 0.2) is 0 Å². The molecule has 2 rings (SSSR count). The third-order valence-electron chi connectivity index (χ3n) is 3.28. The van der Waals surface area contributed by atoms with Gasteiger partial charge in [0.25, 0.3) is 0 Å². The van der Waals surface area contributed by atoms with Crippen LogP contribution in [0.25, 0.3) is 0 Å². The molecule has 0 spiro atoms. The number of hydrogen-bond acceptors (Lipinski definition) is 2. The third kappa shape index (κ3) is 2.69. The minimum absolute atomic E-state index is 0.476. The van der Waals surface area contributed by atoms with Crippen LogP contribution in [-0.4, -0.2) is 22.3 Å². The molecule has 8 heteroatoms. The summed E-state index contributed by atoms with van der Waals surface area (Å²) in [7, 11) is 0. The lowest BCUT2D eigenvalue weighted by molar-refractivity contribution is -0.323. The van der Waals surface area contributed by atoms with Gasteiger partial charge >= 0.3 is 12.1 Å². The van der Waals surface area contributed by atoms with Crippen LogP contribution >= 0.6 is 0 Å². The van der Waals surface area contributed by atoms with Crippen LogP contribution in [-0.2, 0) is 5.67 Å². The Balaban J connectivity index is 2.80. The van der Waals surface area contributed by atoms with Gasteiger partial charge in [0.1, 0.15) is 11.5 Å². The maximum atomic E-state index is 15.2. The van der Waals surface area contributed by atoms with Crippen LogP contribution in [0.3, 0.4) is 0 Å². The van der Waals surface area contributed by atoms with E-state index < -0.39 is 40.4 Å². The van der Waals surface area contributed by atoms with Crippen molar-refractivity contribution in [2.45, 2.75) is 17.8 Å². The van der Waals surface area contributed by atoms with E-state index in [1.165, 1.54) is 0 Å². The van der Waals surface area contributed by atoms with Gasteiger partial charge in [0.05, 0.1) is 0 Å². The zero-order valence-corrected chi connectivity index (χ0v) is 11.3. The first kappa shape index (κ1) is 17.0.